The molecular weight excluding hydrogens is 410 g/mol. The largest absolute Gasteiger partial charge is 0.464 e. The smallest absolute Gasteiger partial charge is 0.263 e. The molecule has 2 heterocycles. The molecule has 0 spiro atoms. The van der Waals surface area contributed by atoms with Gasteiger partial charge >= 0.3 is 0 Å². The van der Waals surface area contributed by atoms with Gasteiger partial charge in [0.05, 0.1) is 17.0 Å². The van der Waals surface area contributed by atoms with Crippen molar-refractivity contribution in [3.05, 3.63) is 59.3 Å². The zero-order chi connectivity index (χ0) is 20.6. The van der Waals surface area contributed by atoms with Crippen LogP contribution in [0.25, 0.3) is 11.0 Å². The quantitative estimate of drug-likeness (QED) is 0.634. The van der Waals surface area contributed by atoms with E-state index in [9.17, 15) is 8.42 Å². The molecule has 154 valence electrons. The van der Waals surface area contributed by atoms with Crippen molar-refractivity contribution in [3.8, 4) is 0 Å². The van der Waals surface area contributed by atoms with Crippen LogP contribution in [0.15, 0.2) is 58.0 Å². The first kappa shape index (κ1) is 20.2. The molecule has 8 heteroatoms. The summed E-state index contributed by atoms with van der Waals surface area (Å²) in [4.78, 5) is 2.44. The molecule has 1 aromatic heterocycles. The minimum Gasteiger partial charge on any atom is -0.464 e. The molecule has 0 radical (unpaired) electrons. The molecule has 2 aromatic carbocycles. The molecule has 6 nitrogen and oxygen atoms in total. The summed E-state index contributed by atoms with van der Waals surface area (Å²) in [7, 11) is -3.80. The number of rotatable bonds is 5. The van der Waals surface area contributed by atoms with Crippen LogP contribution in [0.4, 0.5) is 5.69 Å². The fourth-order valence-corrected chi connectivity index (χ4v) is 5.30. The molecule has 0 aliphatic carbocycles. The summed E-state index contributed by atoms with van der Waals surface area (Å²) in [6.45, 7) is 6.86. The van der Waals surface area contributed by atoms with E-state index in [2.05, 4.69) is 28.8 Å². The summed E-state index contributed by atoms with van der Waals surface area (Å²) in [6.07, 6.45) is 1.63. The van der Waals surface area contributed by atoms with Gasteiger partial charge in [0.1, 0.15) is 10.5 Å². The highest BCUT2D eigenvalue weighted by Crippen LogP contribution is 2.29. The Bertz CT molecular complexity index is 1130. The van der Waals surface area contributed by atoms with Crippen molar-refractivity contribution in [2.45, 2.75) is 37.4 Å². The van der Waals surface area contributed by atoms with E-state index in [0.29, 0.717) is 24.3 Å². The molecule has 2 unspecified atom stereocenters. The number of hydrogen-bond donors (Lipinski definition) is 2. The number of nitrogens with zero attached hydrogens (tertiary/aromatic N) is 1. The Balaban J connectivity index is 1.67. The van der Waals surface area contributed by atoms with Crippen LogP contribution in [0.5, 0.6) is 0 Å². The molecule has 1 aliphatic heterocycles. The predicted molar refractivity (Wildman–Crippen MR) is 116 cm³/mol. The molecule has 0 bridgehead atoms. The minimum absolute atomic E-state index is 0.0556. The van der Waals surface area contributed by atoms with Crippen molar-refractivity contribution in [2.75, 3.05) is 17.8 Å². The van der Waals surface area contributed by atoms with Crippen LogP contribution in [-0.2, 0) is 16.6 Å². The minimum atomic E-state index is -3.80. The number of piperazine rings is 1. The van der Waals surface area contributed by atoms with Crippen molar-refractivity contribution in [1.82, 2.24) is 10.2 Å². The van der Waals surface area contributed by atoms with Gasteiger partial charge in [0.15, 0.2) is 0 Å². The van der Waals surface area contributed by atoms with Crippen molar-refractivity contribution >= 4 is 38.3 Å². The van der Waals surface area contributed by atoms with E-state index < -0.39 is 10.0 Å². The fourth-order valence-electron chi connectivity index (χ4n) is 3.74. The van der Waals surface area contributed by atoms with E-state index in [4.69, 9.17) is 16.0 Å². The van der Waals surface area contributed by atoms with Crippen LogP contribution in [0.1, 0.15) is 19.4 Å². The number of sulfonamides is 1. The van der Waals surface area contributed by atoms with Crippen LogP contribution < -0.4 is 10.0 Å². The molecule has 0 amide bonds. The van der Waals surface area contributed by atoms with Gasteiger partial charge in [-0.1, -0.05) is 23.7 Å². The summed E-state index contributed by atoms with van der Waals surface area (Å²) in [5.41, 5.74) is 2.22. The molecule has 1 aliphatic rings. The lowest BCUT2D eigenvalue weighted by molar-refractivity contribution is 0.139. The van der Waals surface area contributed by atoms with Gasteiger partial charge < -0.3 is 9.73 Å². The van der Waals surface area contributed by atoms with E-state index >= 15 is 0 Å². The highest BCUT2D eigenvalue weighted by molar-refractivity contribution is 7.92. The number of hydrogen-bond acceptors (Lipinski definition) is 5. The second-order valence-electron chi connectivity index (χ2n) is 7.60. The van der Waals surface area contributed by atoms with E-state index in [-0.39, 0.29) is 9.92 Å². The first-order valence-electron chi connectivity index (χ1n) is 9.58. The van der Waals surface area contributed by atoms with Crippen LogP contribution in [0.2, 0.25) is 5.02 Å². The Labute approximate surface area is 175 Å². The average Bonchev–Trinajstić information content (AvgIpc) is 3.13. The summed E-state index contributed by atoms with van der Waals surface area (Å²) >= 11 is 6.10. The maximum atomic E-state index is 12.9. The second-order valence-corrected chi connectivity index (χ2v) is 9.66. The van der Waals surface area contributed by atoms with Gasteiger partial charge in [-0.15, -0.1) is 0 Å². The lowest BCUT2D eigenvalue weighted by atomic mass is 10.1. The third kappa shape index (κ3) is 4.28. The molecular formula is C21H24ClN3O3S. The van der Waals surface area contributed by atoms with E-state index in [0.717, 1.165) is 29.6 Å². The molecule has 1 fully saturated rings. The van der Waals surface area contributed by atoms with Gasteiger partial charge in [-0.3, -0.25) is 9.62 Å². The van der Waals surface area contributed by atoms with Gasteiger partial charge in [-0.05, 0) is 44.2 Å². The van der Waals surface area contributed by atoms with E-state index in [1.54, 1.807) is 30.5 Å². The summed E-state index contributed by atoms with van der Waals surface area (Å²) < 4.78 is 34.1. The van der Waals surface area contributed by atoms with Crippen molar-refractivity contribution in [1.29, 1.82) is 0 Å². The summed E-state index contributed by atoms with van der Waals surface area (Å²) in [5, 5.41) is 4.52. The Hall–Kier alpha value is -2.06. The van der Waals surface area contributed by atoms with Crippen LogP contribution in [0, 0.1) is 0 Å². The normalized spacial score (nSPS) is 20.8. The van der Waals surface area contributed by atoms with Crippen molar-refractivity contribution < 1.29 is 12.8 Å². The molecule has 3 aromatic rings. The van der Waals surface area contributed by atoms with Crippen LogP contribution in [-0.4, -0.2) is 38.5 Å². The number of nitrogens with one attached hydrogen (secondary N) is 2. The molecule has 29 heavy (non-hydrogen) atoms. The average molecular weight is 434 g/mol. The Morgan fingerprint density at radius 1 is 1.24 bits per heavy atom. The number of anilines is 1. The third-order valence-corrected chi connectivity index (χ3v) is 7.15. The second kappa shape index (κ2) is 7.99. The van der Waals surface area contributed by atoms with Gasteiger partial charge in [-0.2, -0.15) is 0 Å². The Kier molecular flexibility index (Phi) is 5.57. The van der Waals surface area contributed by atoms with Gasteiger partial charge in [0.25, 0.3) is 10.0 Å². The maximum Gasteiger partial charge on any atom is 0.263 e. The molecule has 1 saturated heterocycles. The lowest BCUT2D eigenvalue weighted by Crippen LogP contribution is -2.53. The van der Waals surface area contributed by atoms with Gasteiger partial charge in [0, 0.05) is 42.7 Å². The zero-order valence-electron chi connectivity index (χ0n) is 16.4. The first-order valence-corrected chi connectivity index (χ1v) is 11.4. The number of halogens is 1. The van der Waals surface area contributed by atoms with Crippen LogP contribution in [0.3, 0.4) is 0 Å². The highest BCUT2D eigenvalue weighted by atomic mass is 35.5. The topological polar surface area (TPSA) is 74.6 Å². The monoisotopic (exact) mass is 433 g/mol. The summed E-state index contributed by atoms with van der Waals surface area (Å²) in [5.74, 6) is 0. The molecule has 2 atom stereocenters. The molecule has 2 N–H and O–H groups in total. The Morgan fingerprint density at radius 3 is 2.83 bits per heavy atom. The SMILES string of the molecule is CC1CN(Cc2cc(NS(=O)(=O)c3ccccc3Cl)cc3ccoc23)C(C)CN1. The predicted octanol–water partition coefficient (Wildman–Crippen LogP) is 4.07. The van der Waals surface area contributed by atoms with Crippen molar-refractivity contribution in [3.63, 3.8) is 0 Å². The van der Waals surface area contributed by atoms with Gasteiger partial charge in [0.2, 0.25) is 0 Å². The highest BCUT2D eigenvalue weighted by Gasteiger charge is 2.24. The maximum absolute atomic E-state index is 12.9. The first-order chi connectivity index (χ1) is 13.8. The number of benzene rings is 2. The Morgan fingerprint density at radius 2 is 2.03 bits per heavy atom. The summed E-state index contributed by atoms with van der Waals surface area (Å²) in [6, 6.07) is 12.7. The van der Waals surface area contributed by atoms with E-state index in [1.165, 1.54) is 6.07 Å². The number of furan rings is 1. The lowest BCUT2D eigenvalue weighted by Gasteiger charge is -2.37. The van der Waals surface area contributed by atoms with Gasteiger partial charge in [-0.25, -0.2) is 8.42 Å². The third-order valence-electron chi connectivity index (χ3n) is 5.27. The molecule has 0 saturated carbocycles. The van der Waals surface area contributed by atoms with E-state index in [1.807, 2.05) is 12.1 Å². The molecule has 4 rings (SSSR count). The number of fused-ring (bicyclic) bond motifs is 1. The van der Waals surface area contributed by atoms with Crippen LogP contribution >= 0.6 is 11.6 Å². The standard InChI is InChI=1S/C21H24ClN3O3S/c1-14-12-25(15(2)11-23-14)13-17-10-18(9-16-7-8-28-21(16)17)24-29(26,27)20-6-4-3-5-19(20)22/h3-10,14-15,23-24H,11-13H2,1-2H3. The zero-order valence-corrected chi connectivity index (χ0v) is 17.9. The fraction of sp³-hybridized carbons (Fsp3) is 0.333. The van der Waals surface area contributed by atoms with Crippen molar-refractivity contribution in [2.24, 2.45) is 0 Å².